The minimum absolute atomic E-state index is 0.0703. The first-order valence-electron chi connectivity index (χ1n) is 8.63. The number of rotatable bonds is 6. The van der Waals surface area contributed by atoms with Crippen LogP contribution in [0.3, 0.4) is 0 Å². The number of methoxy groups -OCH3 is 2. The highest BCUT2D eigenvalue weighted by Gasteiger charge is 2.20. The topological polar surface area (TPSA) is 67.9 Å². The van der Waals surface area contributed by atoms with Gasteiger partial charge in [0.1, 0.15) is 16.4 Å². The molecule has 1 aliphatic heterocycles. The van der Waals surface area contributed by atoms with Crippen LogP contribution in [0.4, 0.5) is 11.4 Å². The molecule has 0 atom stereocenters. The number of nitrogens with one attached hydrogen (secondary N) is 1. The van der Waals surface area contributed by atoms with Crippen molar-refractivity contribution in [1.29, 1.82) is 0 Å². The van der Waals surface area contributed by atoms with Crippen LogP contribution in [0.15, 0.2) is 47.4 Å². The molecule has 0 aromatic heterocycles. The smallest absolute Gasteiger partial charge is 0.265 e. The lowest BCUT2D eigenvalue weighted by Crippen LogP contribution is -2.29. The minimum Gasteiger partial charge on any atom is -0.497 e. The summed E-state index contributed by atoms with van der Waals surface area (Å²) >= 11 is 0. The van der Waals surface area contributed by atoms with Crippen molar-refractivity contribution in [3.05, 3.63) is 42.5 Å². The van der Waals surface area contributed by atoms with Gasteiger partial charge in [-0.2, -0.15) is 0 Å². The van der Waals surface area contributed by atoms with E-state index >= 15 is 0 Å². The van der Waals surface area contributed by atoms with E-state index in [1.165, 1.54) is 39.5 Å². The molecule has 0 bridgehead atoms. The number of benzene rings is 2. The molecule has 2 aromatic carbocycles. The summed E-state index contributed by atoms with van der Waals surface area (Å²) in [7, 11) is -0.812. The molecule has 3 rings (SSSR count). The Morgan fingerprint density at radius 3 is 2.23 bits per heavy atom. The normalized spacial score (nSPS) is 14.8. The number of ether oxygens (including phenoxy) is 2. The average molecular weight is 376 g/mol. The Morgan fingerprint density at radius 2 is 1.62 bits per heavy atom. The second-order valence-electron chi connectivity index (χ2n) is 6.22. The van der Waals surface area contributed by atoms with Crippen molar-refractivity contribution in [1.82, 2.24) is 0 Å². The van der Waals surface area contributed by atoms with E-state index in [9.17, 15) is 8.42 Å². The minimum atomic E-state index is -3.76. The van der Waals surface area contributed by atoms with Crippen molar-refractivity contribution in [2.45, 2.75) is 24.2 Å². The summed E-state index contributed by atoms with van der Waals surface area (Å²) in [5, 5.41) is 0. The zero-order valence-electron chi connectivity index (χ0n) is 15.1. The Bertz CT molecular complexity index is 844. The zero-order valence-corrected chi connectivity index (χ0v) is 15.9. The van der Waals surface area contributed by atoms with Gasteiger partial charge in [-0.05, 0) is 55.7 Å². The maximum atomic E-state index is 12.7. The molecule has 0 amide bonds. The molecular weight excluding hydrogens is 352 g/mol. The number of hydrogen-bond acceptors (Lipinski definition) is 5. The molecule has 26 heavy (non-hydrogen) atoms. The molecule has 0 radical (unpaired) electrons. The summed E-state index contributed by atoms with van der Waals surface area (Å²) in [6, 6.07) is 12.1. The third-order valence-electron chi connectivity index (χ3n) is 4.50. The van der Waals surface area contributed by atoms with Gasteiger partial charge in [0, 0.05) is 30.5 Å². The van der Waals surface area contributed by atoms with Crippen molar-refractivity contribution >= 4 is 21.4 Å². The third kappa shape index (κ3) is 4.04. The molecule has 2 aromatic rings. The summed E-state index contributed by atoms with van der Waals surface area (Å²) < 4.78 is 38.4. The van der Waals surface area contributed by atoms with Crippen molar-refractivity contribution in [2.75, 3.05) is 36.9 Å². The lowest BCUT2D eigenvalue weighted by Gasteiger charge is -2.28. The van der Waals surface area contributed by atoms with Crippen molar-refractivity contribution in [2.24, 2.45) is 0 Å². The fourth-order valence-electron chi connectivity index (χ4n) is 3.10. The number of sulfonamides is 1. The Labute approximate surface area is 154 Å². The molecule has 1 saturated heterocycles. The molecule has 1 aliphatic rings. The first kappa shape index (κ1) is 18.4. The van der Waals surface area contributed by atoms with E-state index in [2.05, 4.69) is 9.62 Å². The summed E-state index contributed by atoms with van der Waals surface area (Å²) in [6.07, 6.45) is 3.68. The Kier molecular flexibility index (Phi) is 5.56. The van der Waals surface area contributed by atoms with Gasteiger partial charge in [-0.3, -0.25) is 4.72 Å². The van der Waals surface area contributed by atoms with Gasteiger partial charge in [-0.1, -0.05) is 0 Å². The highest BCUT2D eigenvalue weighted by molar-refractivity contribution is 7.92. The van der Waals surface area contributed by atoms with Crippen molar-refractivity contribution in [3.8, 4) is 11.5 Å². The monoisotopic (exact) mass is 376 g/mol. The van der Waals surface area contributed by atoms with Gasteiger partial charge in [0.05, 0.1) is 14.2 Å². The zero-order chi connectivity index (χ0) is 18.6. The van der Waals surface area contributed by atoms with E-state index in [-0.39, 0.29) is 10.6 Å². The van der Waals surface area contributed by atoms with Gasteiger partial charge in [0.15, 0.2) is 0 Å². The summed E-state index contributed by atoms with van der Waals surface area (Å²) in [5.41, 5.74) is 1.64. The third-order valence-corrected chi connectivity index (χ3v) is 5.92. The average Bonchev–Trinajstić information content (AvgIpc) is 2.68. The first-order chi connectivity index (χ1) is 12.5. The largest absolute Gasteiger partial charge is 0.497 e. The molecule has 0 saturated carbocycles. The van der Waals surface area contributed by atoms with Crippen molar-refractivity contribution in [3.63, 3.8) is 0 Å². The van der Waals surface area contributed by atoms with Crippen LogP contribution in [0.1, 0.15) is 19.3 Å². The lowest BCUT2D eigenvalue weighted by molar-refractivity contribution is 0.386. The van der Waals surface area contributed by atoms with Crippen LogP contribution in [0, 0.1) is 0 Å². The van der Waals surface area contributed by atoms with Crippen LogP contribution in [0.25, 0.3) is 0 Å². The molecular formula is C19H24N2O4S. The van der Waals surface area contributed by atoms with Gasteiger partial charge in [0.2, 0.25) is 0 Å². The predicted molar refractivity (Wildman–Crippen MR) is 103 cm³/mol. The van der Waals surface area contributed by atoms with E-state index in [1.807, 2.05) is 12.1 Å². The van der Waals surface area contributed by atoms with Crippen LogP contribution in [-0.4, -0.2) is 35.7 Å². The van der Waals surface area contributed by atoms with Crippen LogP contribution in [0.5, 0.6) is 11.5 Å². The van der Waals surface area contributed by atoms with Gasteiger partial charge >= 0.3 is 0 Å². The summed E-state index contributed by atoms with van der Waals surface area (Å²) in [6.45, 7) is 2.10. The van der Waals surface area contributed by atoms with E-state index in [0.29, 0.717) is 11.4 Å². The second kappa shape index (κ2) is 7.86. The maximum Gasteiger partial charge on any atom is 0.265 e. The predicted octanol–water partition coefficient (Wildman–Crippen LogP) is 3.49. The summed E-state index contributed by atoms with van der Waals surface area (Å²) in [4.78, 5) is 2.40. The highest BCUT2D eigenvalue weighted by Crippen LogP contribution is 2.30. The number of piperidine rings is 1. The van der Waals surface area contributed by atoms with E-state index in [1.54, 1.807) is 24.3 Å². The van der Waals surface area contributed by atoms with Crippen LogP contribution < -0.4 is 19.1 Å². The summed E-state index contributed by atoms with van der Waals surface area (Å²) in [5.74, 6) is 0.772. The van der Waals surface area contributed by atoms with E-state index < -0.39 is 10.0 Å². The molecule has 7 heteroatoms. The Morgan fingerprint density at radius 1 is 0.923 bits per heavy atom. The van der Waals surface area contributed by atoms with Gasteiger partial charge < -0.3 is 14.4 Å². The van der Waals surface area contributed by atoms with Crippen molar-refractivity contribution < 1.29 is 17.9 Å². The molecule has 6 nitrogen and oxygen atoms in total. The molecule has 0 aliphatic carbocycles. The molecule has 1 heterocycles. The van der Waals surface area contributed by atoms with Gasteiger partial charge in [-0.15, -0.1) is 0 Å². The first-order valence-corrected chi connectivity index (χ1v) is 10.1. The van der Waals surface area contributed by atoms with Crippen LogP contribution >= 0.6 is 0 Å². The maximum absolute atomic E-state index is 12.7. The Balaban J connectivity index is 1.79. The fraction of sp³-hybridized carbons (Fsp3) is 0.368. The fourth-order valence-corrected chi connectivity index (χ4v) is 4.31. The van der Waals surface area contributed by atoms with Crippen LogP contribution in [0.2, 0.25) is 0 Å². The molecule has 0 spiro atoms. The Hall–Kier alpha value is -2.41. The lowest BCUT2D eigenvalue weighted by atomic mass is 10.1. The molecule has 1 fully saturated rings. The number of hydrogen-bond donors (Lipinski definition) is 1. The number of anilines is 2. The quantitative estimate of drug-likeness (QED) is 0.836. The van der Waals surface area contributed by atoms with Gasteiger partial charge in [-0.25, -0.2) is 8.42 Å². The highest BCUT2D eigenvalue weighted by atomic mass is 32.2. The van der Waals surface area contributed by atoms with E-state index in [4.69, 9.17) is 9.47 Å². The molecule has 140 valence electrons. The second-order valence-corrected chi connectivity index (χ2v) is 7.87. The molecule has 0 unspecified atom stereocenters. The SMILES string of the molecule is COc1ccc(S(=O)(=O)Nc2ccc(N3CCCCC3)cc2)c(OC)c1. The van der Waals surface area contributed by atoms with Gasteiger partial charge in [0.25, 0.3) is 10.0 Å². The number of nitrogens with zero attached hydrogens (tertiary/aromatic N) is 1. The van der Waals surface area contributed by atoms with E-state index in [0.717, 1.165) is 18.8 Å². The standard InChI is InChI=1S/C19H24N2O4S/c1-24-17-10-11-19(18(14-17)25-2)26(22,23)20-15-6-8-16(9-7-15)21-12-4-3-5-13-21/h6-11,14,20H,3-5,12-13H2,1-2H3. The van der Waals surface area contributed by atoms with Crippen LogP contribution in [-0.2, 0) is 10.0 Å². The molecule has 1 N–H and O–H groups in total.